The standard InChI is InChI=1S/C32H30ClN5O4S/c33-28-19-34-31(35-23-12-9-13-24(18-23)36-32(39)42-21-22-10-3-1-4-11-22)37-30(28)27-20-38(29-17-8-7-16-26(27)29)43(40,41)25-14-5-2-6-15-25/h1-8,10-11,14-17,19-20,23-24H,9,12-13,18,21H2,(H,36,39)(H,34,35,37)/t23-,24+/m1/s1. The number of ether oxygens (including phenoxy) is 1. The zero-order valence-electron chi connectivity index (χ0n) is 23.2. The van der Waals surface area contributed by atoms with Crippen LogP contribution in [-0.2, 0) is 21.4 Å². The Morgan fingerprint density at radius 2 is 1.65 bits per heavy atom. The van der Waals surface area contributed by atoms with Gasteiger partial charge in [-0.1, -0.05) is 78.3 Å². The quantitative estimate of drug-likeness (QED) is 0.201. The summed E-state index contributed by atoms with van der Waals surface area (Å²) >= 11 is 6.60. The van der Waals surface area contributed by atoms with E-state index in [4.69, 9.17) is 21.3 Å². The van der Waals surface area contributed by atoms with Crippen LogP contribution in [0.3, 0.4) is 0 Å². The van der Waals surface area contributed by atoms with Crippen LogP contribution in [0, 0.1) is 0 Å². The third-order valence-corrected chi connectivity index (χ3v) is 9.48. The van der Waals surface area contributed by atoms with Gasteiger partial charge in [-0.25, -0.2) is 27.2 Å². The van der Waals surface area contributed by atoms with Gasteiger partial charge in [0.1, 0.15) is 6.61 Å². The van der Waals surface area contributed by atoms with Crippen molar-refractivity contribution in [2.75, 3.05) is 5.32 Å². The van der Waals surface area contributed by atoms with Gasteiger partial charge in [0.25, 0.3) is 10.0 Å². The van der Waals surface area contributed by atoms with E-state index >= 15 is 0 Å². The maximum absolute atomic E-state index is 13.6. The van der Waals surface area contributed by atoms with E-state index in [0.717, 1.165) is 24.8 Å². The Bertz CT molecular complexity index is 1850. The topological polar surface area (TPSA) is 115 Å². The monoisotopic (exact) mass is 615 g/mol. The first kappa shape index (κ1) is 28.7. The number of nitrogens with one attached hydrogen (secondary N) is 2. The highest BCUT2D eigenvalue weighted by Gasteiger charge is 2.26. The van der Waals surface area contributed by atoms with Crippen LogP contribution in [0.4, 0.5) is 10.7 Å². The summed E-state index contributed by atoms with van der Waals surface area (Å²) in [6.07, 6.45) is 5.95. The van der Waals surface area contributed by atoms with Crippen molar-refractivity contribution in [1.82, 2.24) is 19.3 Å². The second-order valence-electron chi connectivity index (χ2n) is 10.5. The number of carbonyl (C=O) groups is 1. The molecule has 0 saturated heterocycles. The maximum Gasteiger partial charge on any atom is 0.407 e. The maximum atomic E-state index is 13.6. The first-order valence-electron chi connectivity index (χ1n) is 14.1. The molecule has 0 unspecified atom stereocenters. The smallest absolute Gasteiger partial charge is 0.407 e. The van der Waals surface area contributed by atoms with Gasteiger partial charge in [-0.15, -0.1) is 0 Å². The minimum Gasteiger partial charge on any atom is -0.445 e. The number of para-hydroxylation sites is 1. The molecule has 0 aliphatic heterocycles. The van der Waals surface area contributed by atoms with Crippen LogP contribution in [0.2, 0.25) is 5.02 Å². The Kier molecular flexibility index (Phi) is 8.31. The van der Waals surface area contributed by atoms with Crippen molar-refractivity contribution >= 4 is 44.6 Å². The molecule has 9 nitrogen and oxygen atoms in total. The van der Waals surface area contributed by atoms with Crippen molar-refractivity contribution in [1.29, 1.82) is 0 Å². The number of halogens is 1. The Morgan fingerprint density at radius 1 is 0.953 bits per heavy atom. The molecule has 11 heteroatoms. The van der Waals surface area contributed by atoms with E-state index in [0.29, 0.717) is 39.6 Å². The molecule has 43 heavy (non-hydrogen) atoms. The molecule has 2 aromatic heterocycles. The lowest BCUT2D eigenvalue weighted by atomic mass is 9.91. The first-order valence-corrected chi connectivity index (χ1v) is 15.9. The highest BCUT2D eigenvalue weighted by Crippen LogP contribution is 2.36. The summed E-state index contributed by atoms with van der Waals surface area (Å²) in [5.74, 6) is 0.374. The van der Waals surface area contributed by atoms with Crippen molar-refractivity contribution in [3.63, 3.8) is 0 Å². The fraction of sp³-hybridized carbons (Fsp3) is 0.219. The number of aromatic nitrogens is 3. The molecule has 0 radical (unpaired) electrons. The summed E-state index contributed by atoms with van der Waals surface area (Å²) in [6.45, 7) is 0.214. The molecular weight excluding hydrogens is 586 g/mol. The summed E-state index contributed by atoms with van der Waals surface area (Å²) < 4.78 is 33.8. The van der Waals surface area contributed by atoms with Crippen molar-refractivity contribution in [2.45, 2.75) is 49.3 Å². The fourth-order valence-electron chi connectivity index (χ4n) is 5.44. The van der Waals surface area contributed by atoms with Gasteiger partial charge in [0.05, 0.1) is 27.3 Å². The van der Waals surface area contributed by atoms with Gasteiger partial charge < -0.3 is 15.4 Å². The predicted molar refractivity (Wildman–Crippen MR) is 166 cm³/mol. The summed E-state index contributed by atoms with van der Waals surface area (Å²) in [6, 6.07) is 25.1. The van der Waals surface area contributed by atoms with Crippen LogP contribution in [0.15, 0.2) is 102 Å². The van der Waals surface area contributed by atoms with Gasteiger partial charge in [-0.3, -0.25) is 0 Å². The molecule has 5 aromatic rings. The van der Waals surface area contributed by atoms with E-state index in [9.17, 15) is 13.2 Å². The lowest BCUT2D eigenvalue weighted by molar-refractivity contribution is 0.132. The zero-order chi connectivity index (χ0) is 29.8. The number of nitrogens with zero attached hydrogens (tertiary/aromatic N) is 3. The molecule has 0 spiro atoms. The average molecular weight is 616 g/mol. The number of amides is 1. The molecule has 3 aromatic carbocycles. The fourth-order valence-corrected chi connectivity index (χ4v) is 7.02. The number of benzene rings is 3. The summed E-state index contributed by atoms with van der Waals surface area (Å²) in [5.41, 5.74) is 2.45. The number of carbonyl (C=O) groups excluding carboxylic acids is 1. The predicted octanol–water partition coefficient (Wildman–Crippen LogP) is 6.64. The molecule has 2 atom stereocenters. The van der Waals surface area contributed by atoms with E-state index in [-0.39, 0.29) is 23.6 Å². The lowest BCUT2D eigenvalue weighted by Crippen LogP contribution is -2.42. The summed E-state index contributed by atoms with van der Waals surface area (Å²) in [7, 11) is -3.86. The van der Waals surface area contributed by atoms with E-state index < -0.39 is 16.1 Å². The Balaban J connectivity index is 1.20. The van der Waals surface area contributed by atoms with Gasteiger partial charge in [0.15, 0.2) is 0 Å². The molecule has 1 amide bonds. The second kappa shape index (κ2) is 12.4. The number of alkyl carbamates (subject to hydrolysis) is 1. The third-order valence-electron chi connectivity index (χ3n) is 7.52. The minimum absolute atomic E-state index is 0.0157. The number of anilines is 1. The summed E-state index contributed by atoms with van der Waals surface area (Å²) in [5, 5.41) is 7.37. The van der Waals surface area contributed by atoms with E-state index in [2.05, 4.69) is 15.6 Å². The molecule has 1 aliphatic rings. The normalized spacial score (nSPS) is 17.0. The second-order valence-corrected chi connectivity index (χ2v) is 12.7. The lowest BCUT2D eigenvalue weighted by Gasteiger charge is -2.30. The molecule has 6 rings (SSSR count). The van der Waals surface area contributed by atoms with Crippen molar-refractivity contribution in [2.24, 2.45) is 0 Å². The molecule has 0 bridgehead atoms. The van der Waals surface area contributed by atoms with E-state index in [1.165, 1.54) is 10.2 Å². The zero-order valence-corrected chi connectivity index (χ0v) is 24.8. The van der Waals surface area contributed by atoms with Crippen LogP contribution in [0.25, 0.3) is 22.2 Å². The van der Waals surface area contributed by atoms with E-state index in [1.807, 2.05) is 42.5 Å². The Morgan fingerprint density at radius 3 is 2.44 bits per heavy atom. The molecule has 2 heterocycles. The highest BCUT2D eigenvalue weighted by atomic mass is 35.5. The molecular formula is C32H30ClN5O4S. The van der Waals surface area contributed by atoms with Crippen LogP contribution in [0.5, 0.6) is 0 Å². The number of fused-ring (bicyclic) bond motifs is 1. The van der Waals surface area contributed by atoms with Crippen LogP contribution in [-0.4, -0.2) is 40.5 Å². The summed E-state index contributed by atoms with van der Waals surface area (Å²) in [4.78, 5) is 21.7. The number of rotatable bonds is 8. The van der Waals surface area contributed by atoms with Crippen molar-refractivity contribution < 1.29 is 17.9 Å². The van der Waals surface area contributed by atoms with Crippen molar-refractivity contribution in [3.05, 3.63) is 108 Å². The SMILES string of the molecule is O=C(N[C@H]1CCC[C@@H](Nc2ncc(Cl)c(-c3cn(S(=O)(=O)c4ccccc4)c4ccccc34)n2)C1)OCc1ccccc1. The third kappa shape index (κ3) is 6.35. The van der Waals surface area contributed by atoms with Crippen LogP contribution in [0.1, 0.15) is 31.2 Å². The molecule has 2 N–H and O–H groups in total. The van der Waals surface area contributed by atoms with E-state index in [1.54, 1.807) is 48.7 Å². The van der Waals surface area contributed by atoms with Crippen LogP contribution < -0.4 is 10.6 Å². The first-order chi connectivity index (χ1) is 20.9. The Labute approximate surface area is 254 Å². The van der Waals surface area contributed by atoms with Gasteiger partial charge in [-0.05, 0) is 49.4 Å². The van der Waals surface area contributed by atoms with Crippen molar-refractivity contribution in [3.8, 4) is 11.3 Å². The van der Waals surface area contributed by atoms with Crippen LogP contribution >= 0.6 is 11.6 Å². The van der Waals surface area contributed by atoms with Gasteiger partial charge in [0, 0.05) is 29.2 Å². The molecule has 1 saturated carbocycles. The number of hydrogen-bond donors (Lipinski definition) is 2. The Hall–Kier alpha value is -4.41. The van der Waals surface area contributed by atoms with Gasteiger partial charge in [0.2, 0.25) is 5.95 Å². The highest BCUT2D eigenvalue weighted by molar-refractivity contribution is 7.90. The molecule has 220 valence electrons. The average Bonchev–Trinajstić information content (AvgIpc) is 3.43. The van der Waals surface area contributed by atoms with Gasteiger partial charge in [-0.2, -0.15) is 0 Å². The minimum atomic E-state index is -3.86. The number of hydrogen-bond acceptors (Lipinski definition) is 7. The molecule has 1 fully saturated rings. The largest absolute Gasteiger partial charge is 0.445 e. The van der Waals surface area contributed by atoms with Gasteiger partial charge >= 0.3 is 6.09 Å². The molecule has 1 aliphatic carbocycles.